The van der Waals surface area contributed by atoms with Crippen LogP contribution in [0.5, 0.6) is 0 Å². The van der Waals surface area contributed by atoms with Gasteiger partial charge >= 0.3 is 5.69 Å². The SMILES string of the molecule is CCn1c(C2CCN(C(=O)Cc3ccccc3)CC2)nn(Cc2ccccc2)c1=O. The summed E-state index contributed by atoms with van der Waals surface area (Å²) < 4.78 is 3.36. The number of benzene rings is 2. The molecule has 1 amide bonds. The number of nitrogens with zero attached hydrogens (tertiary/aromatic N) is 4. The summed E-state index contributed by atoms with van der Waals surface area (Å²) in [6.07, 6.45) is 2.11. The van der Waals surface area contributed by atoms with Crippen LogP contribution >= 0.6 is 0 Å². The molecule has 2 heterocycles. The fraction of sp³-hybridized carbons (Fsp3) is 0.375. The van der Waals surface area contributed by atoms with Crippen LogP contribution in [0.2, 0.25) is 0 Å². The molecular weight excluding hydrogens is 376 g/mol. The van der Waals surface area contributed by atoms with Crippen molar-refractivity contribution in [3.63, 3.8) is 0 Å². The molecule has 30 heavy (non-hydrogen) atoms. The number of piperidine rings is 1. The van der Waals surface area contributed by atoms with Crippen LogP contribution in [0.1, 0.15) is 42.6 Å². The molecule has 0 saturated carbocycles. The summed E-state index contributed by atoms with van der Waals surface area (Å²) >= 11 is 0. The highest BCUT2D eigenvalue weighted by Gasteiger charge is 2.28. The van der Waals surface area contributed by atoms with Crippen molar-refractivity contribution in [2.45, 2.75) is 45.2 Å². The van der Waals surface area contributed by atoms with Gasteiger partial charge in [-0.3, -0.25) is 9.36 Å². The smallest absolute Gasteiger partial charge is 0.342 e. The summed E-state index contributed by atoms with van der Waals surface area (Å²) in [5.74, 6) is 1.23. The van der Waals surface area contributed by atoms with Crippen LogP contribution in [0.25, 0.3) is 0 Å². The van der Waals surface area contributed by atoms with Gasteiger partial charge in [0.25, 0.3) is 0 Å². The predicted molar refractivity (Wildman–Crippen MR) is 116 cm³/mol. The number of carbonyl (C=O) groups excluding carboxylic acids is 1. The van der Waals surface area contributed by atoms with Crippen LogP contribution < -0.4 is 5.69 Å². The van der Waals surface area contributed by atoms with E-state index in [2.05, 4.69) is 0 Å². The Labute approximate surface area is 176 Å². The largest absolute Gasteiger partial charge is 0.346 e. The molecule has 0 aliphatic carbocycles. The molecule has 0 N–H and O–H groups in total. The highest BCUT2D eigenvalue weighted by atomic mass is 16.2. The van der Waals surface area contributed by atoms with Gasteiger partial charge in [0.2, 0.25) is 5.91 Å². The lowest BCUT2D eigenvalue weighted by atomic mass is 9.95. The van der Waals surface area contributed by atoms with Gasteiger partial charge in [0.1, 0.15) is 5.82 Å². The van der Waals surface area contributed by atoms with Gasteiger partial charge in [-0.2, -0.15) is 5.10 Å². The van der Waals surface area contributed by atoms with Crippen molar-refractivity contribution >= 4 is 5.91 Å². The maximum absolute atomic E-state index is 12.8. The molecule has 156 valence electrons. The zero-order valence-corrected chi connectivity index (χ0v) is 17.4. The van der Waals surface area contributed by atoms with E-state index in [0.717, 1.165) is 29.8 Å². The van der Waals surface area contributed by atoms with Gasteiger partial charge in [0.15, 0.2) is 0 Å². The molecule has 0 unspecified atom stereocenters. The third-order valence-corrected chi connectivity index (χ3v) is 5.85. The van der Waals surface area contributed by atoms with Crippen LogP contribution in [0, 0.1) is 0 Å². The van der Waals surface area contributed by atoms with Crippen molar-refractivity contribution in [3.8, 4) is 0 Å². The Bertz CT molecular complexity index is 1030. The molecule has 6 nitrogen and oxygen atoms in total. The quantitative estimate of drug-likeness (QED) is 0.634. The van der Waals surface area contributed by atoms with Crippen molar-refractivity contribution < 1.29 is 4.79 Å². The second-order valence-corrected chi connectivity index (χ2v) is 7.85. The van der Waals surface area contributed by atoms with Crippen LogP contribution in [-0.2, 0) is 24.3 Å². The van der Waals surface area contributed by atoms with E-state index in [0.29, 0.717) is 32.6 Å². The number of amides is 1. The van der Waals surface area contributed by atoms with Crippen molar-refractivity contribution in [2.24, 2.45) is 0 Å². The summed E-state index contributed by atoms with van der Waals surface area (Å²) in [5.41, 5.74) is 2.05. The van der Waals surface area contributed by atoms with Crippen molar-refractivity contribution in [3.05, 3.63) is 88.1 Å². The van der Waals surface area contributed by atoms with Gasteiger partial charge in [0, 0.05) is 25.6 Å². The molecule has 1 aliphatic rings. The number of rotatable bonds is 6. The first kappa shape index (κ1) is 20.1. The van der Waals surface area contributed by atoms with Crippen molar-refractivity contribution in [2.75, 3.05) is 13.1 Å². The Kier molecular flexibility index (Phi) is 6.12. The zero-order valence-electron chi connectivity index (χ0n) is 17.4. The molecule has 2 aromatic carbocycles. The third kappa shape index (κ3) is 4.37. The molecule has 6 heteroatoms. The number of likely N-dealkylation sites (tertiary alicyclic amines) is 1. The van der Waals surface area contributed by atoms with Gasteiger partial charge < -0.3 is 4.90 Å². The molecule has 4 rings (SSSR count). The van der Waals surface area contributed by atoms with Crippen LogP contribution in [0.15, 0.2) is 65.5 Å². The highest BCUT2D eigenvalue weighted by molar-refractivity contribution is 5.78. The number of carbonyl (C=O) groups is 1. The number of hydrogen-bond donors (Lipinski definition) is 0. The minimum absolute atomic E-state index is 0.0565. The monoisotopic (exact) mass is 404 g/mol. The van der Waals surface area contributed by atoms with Crippen LogP contribution in [-0.4, -0.2) is 38.2 Å². The molecule has 1 aliphatic heterocycles. The predicted octanol–water partition coefficient (Wildman–Crippen LogP) is 3.06. The molecule has 0 bridgehead atoms. The minimum Gasteiger partial charge on any atom is -0.342 e. The summed E-state index contributed by atoms with van der Waals surface area (Å²) in [6.45, 7) is 4.49. The number of hydrogen-bond acceptors (Lipinski definition) is 3. The van der Waals surface area contributed by atoms with E-state index in [4.69, 9.17) is 5.10 Å². The molecule has 3 aromatic rings. The molecule has 0 atom stereocenters. The second-order valence-electron chi connectivity index (χ2n) is 7.85. The fourth-order valence-corrected chi connectivity index (χ4v) is 4.19. The lowest BCUT2D eigenvalue weighted by molar-refractivity contribution is -0.131. The van der Waals surface area contributed by atoms with E-state index in [9.17, 15) is 9.59 Å². The van der Waals surface area contributed by atoms with Crippen molar-refractivity contribution in [1.82, 2.24) is 19.2 Å². The lowest BCUT2D eigenvalue weighted by Gasteiger charge is -2.31. The van der Waals surface area contributed by atoms with E-state index in [1.165, 1.54) is 0 Å². The lowest BCUT2D eigenvalue weighted by Crippen LogP contribution is -2.39. The molecule has 1 saturated heterocycles. The highest BCUT2D eigenvalue weighted by Crippen LogP contribution is 2.26. The van der Waals surface area contributed by atoms with Crippen molar-refractivity contribution in [1.29, 1.82) is 0 Å². The van der Waals surface area contributed by atoms with E-state index >= 15 is 0 Å². The second kappa shape index (κ2) is 9.11. The molecule has 0 radical (unpaired) electrons. The Morgan fingerprint density at radius 2 is 1.57 bits per heavy atom. The minimum atomic E-state index is -0.0565. The van der Waals surface area contributed by atoms with Gasteiger partial charge in [0.05, 0.1) is 13.0 Å². The first-order chi connectivity index (χ1) is 14.7. The molecule has 0 spiro atoms. The first-order valence-corrected chi connectivity index (χ1v) is 10.7. The maximum Gasteiger partial charge on any atom is 0.346 e. The first-order valence-electron chi connectivity index (χ1n) is 10.7. The Balaban J connectivity index is 1.43. The zero-order chi connectivity index (χ0) is 20.9. The average molecular weight is 405 g/mol. The number of aromatic nitrogens is 3. The van der Waals surface area contributed by atoms with E-state index in [-0.39, 0.29) is 17.5 Å². The fourth-order valence-electron chi connectivity index (χ4n) is 4.19. The Hall–Kier alpha value is -3.15. The molecule has 1 aromatic heterocycles. The van der Waals surface area contributed by atoms with E-state index in [1.54, 1.807) is 9.25 Å². The molecular formula is C24H28N4O2. The maximum atomic E-state index is 12.8. The Morgan fingerprint density at radius 3 is 2.17 bits per heavy atom. The topological polar surface area (TPSA) is 60.1 Å². The van der Waals surface area contributed by atoms with Crippen LogP contribution in [0.4, 0.5) is 0 Å². The van der Waals surface area contributed by atoms with Gasteiger partial charge in [-0.1, -0.05) is 60.7 Å². The summed E-state index contributed by atoms with van der Waals surface area (Å²) in [7, 11) is 0. The normalized spacial score (nSPS) is 14.8. The van der Waals surface area contributed by atoms with E-state index < -0.39 is 0 Å². The van der Waals surface area contributed by atoms with E-state index in [1.807, 2.05) is 72.5 Å². The summed E-state index contributed by atoms with van der Waals surface area (Å²) in [6, 6.07) is 19.8. The third-order valence-electron chi connectivity index (χ3n) is 5.85. The standard InChI is InChI=1S/C24H28N4O2/c1-2-27-23(25-28(24(27)30)18-20-11-7-4-8-12-20)21-13-15-26(16-14-21)22(29)17-19-9-5-3-6-10-19/h3-12,21H,2,13-18H2,1H3. The molecule has 1 fully saturated rings. The van der Waals surface area contributed by atoms with Crippen LogP contribution in [0.3, 0.4) is 0 Å². The Morgan fingerprint density at radius 1 is 0.967 bits per heavy atom. The summed E-state index contributed by atoms with van der Waals surface area (Å²) in [5, 5.41) is 4.70. The van der Waals surface area contributed by atoms with Gasteiger partial charge in [-0.15, -0.1) is 0 Å². The van der Waals surface area contributed by atoms with Gasteiger partial charge in [-0.25, -0.2) is 9.48 Å². The average Bonchev–Trinajstić information content (AvgIpc) is 3.10. The van der Waals surface area contributed by atoms with Gasteiger partial charge in [-0.05, 0) is 30.9 Å². The summed E-state index contributed by atoms with van der Waals surface area (Å²) in [4.78, 5) is 27.4.